The van der Waals surface area contributed by atoms with Crippen LogP contribution in [0.15, 0.2) is 71.6 Å². The summed E-state index contributed by atoms with van der Waals surface area (Å²) in [4.78, 5) is 11.8. The van der Waals surface area contributed by atoms with Crippen molar-refractivity contribution in [3.63, 3.8) is 0 Å². The lowest BCUT2D eigenvalue weighted by Gasteiger charge is -2.39. The summed E-state index contributed by atoms with van der Waals surface area (Å²) >= 11 is 0. The van der Waals surface area contributed by atoms with E-state index < -0.39 is 50.1 Å². The number of anilines is 2. The lowest BCUT2D eigenvalue weighted by atomic mass is 10.1. The largest absolute Gasteiger partial charge is 0.480 e. The van der Waals surface area contributed by atoms with Crippen LogP contribution in [0, 0.1) is 0 Å². The highest BCUT2D eigenvalue weighted by molar-refractivity contribution is 7.92. The maximum atomic E-state index is 13.9. The van der Waals surface area contributed by atoms with E-state index in [2.05, 4.69) is 14.9 Å². The molecule has 0 aliphatic carbocycles. The average Bonchev–Trinajstić information content (AvgIpc) is 2.83. The first-order valence-corrected chi connectivity index (χ1v) is 11.5. The lowest BCUT2D eigenvalue weighted by molar-refractivity contribution is -0.294. The molecule has 0 saturated heterocycles. The Morgan fingerprint density at radius 1 is 0.838 bits per heavy atom. The van der Waals surface area contributed by atoms with Crippen LogP contribution < -0.4 is 20.1 Å². The molecule has 9 nitrogen and oxygen atoms in total. The minimum absolute atomic E-state index is 0.0931. The molecule has 0 aliphatic rings. The van der Waals surface area contributed by atoms with Gasteiger partial charge in [0.25, 0.3) is 15.9 Å². The highest BCUT2D eigenvalue weighted by Gasteiger charge is 2.72. The molecule has 0 atom stereocenters. The van der Waals surface area contributed by atoms with Crippen molar-refractivity contribution < 1.29 is 44.3 Å². The van der Waals surface area contributed by atoms with Crippen LogP contribution >= 0.6 is 0 Å². The van der Waals surface area contributed by atoms with Gasteiger partial charge in [0, 0.05) is 17.3 Å². The van der Waals surface area contributed by atoms with E-state index in [0.717, 1.165) is 29.6 Å². The SMILES string of the molecule is COc1ccc(NS(=O)(=O)c2ccc(NC(NC(=O)c3ccccc3)(C(F)(F)F)C(F)(F)F)cc2)nn1. The molecule has 2 aromatic carbocycles. The number of halogens is 6. The summed E-state index contributed by atoms with van der Waals surface area (Å²) in [5.41, 5.74) is -6.13. The van der Waals surface area contributed by atoms with Crippen LogP contribution in [0.3, 0.4) is 0 Å². The number of nitrogens with zero attached hydrogens (tertiary/aromatic N) is 2. The number of ether oxygens (including phenoxy) is 1. The fourth-order valence-electron chi connectivity index (χ4n) is 2.92. The molecule has 0 bridgehead atoms. The van der Waals surface area contributed by atoms with Gasteiger partial charge in [-0.15, -0.1) is 10.2 Å². The van der Waals surface area contributed by atoms with Crippen LogP contribution in [0.1, 0.15) is 10.4 Å². The summed E-state index contributed by atoms with van der Waals surface area (Å²) < 4.78 is 115. The predicted molar refractivity (Wildman–Crippen MR) is 118 cm³/mol. The molecule has 3 rings (SSSR count). The van der Waals surface area contributed by atoms with Gasteiger partial charge in [0.15, 0.2) is 5.82 Å². The molecule has 0 saturated carbocycles. The number of benzene rings is 2. The third-order valence-electron chi connectivity index (χ3n) is 4.77. The van der Waals surface area contributed by atoms with Gasteiger partial charge in [-0.05, 0) is 42.5 Å². The average molecular weight is 549 g/mol. The minimum atomic E-state index is -6.06. The minimum Gasteiger partial charge on any atom is -0.480 e. The Bertz CT molecular complexity index is 1320. The third kappa shape index (κ3) is 6.02. The fourth-order valence-corrected chi connectivity index (χ4v) is 3.92. The Labute approximate surface area is 205 Å². The predicted octanol–water partition coefficient (Wildman–Crippen LogP) is 3.95. The van der Waals surface area contributed by atoms with Crippen molar-refractivity contribution in [1.29, 1.82) is 0 Å². The number of sulfonamides is 1. The van der Waals surface area contributed by atoms with Crippen LogP contribution in [-0.4, -0.2) is 49.6 Å². The van der Waals surface area contributed by atoms with Gasteiger partial charge in [-0.2, -0.15) is 26.3 Å². The summed E-state index contributed by atoms with van der Waals surface area (Å²) in [7, 11) is -3.03. The molecule has 198 valence electrons. The van der Waals surface area contributed by atoms with E-state index in [4.69, 9.17) is 4.74 Å². The quantitative estimate of drug-likeness (QED) is 0.287. The Morgan fingerprint density at radius 3 is 1.92 bits per heavy atom. The molecule has 0 aliphatic heterocycles. The van der Waals surface area contributed by atoms with Gasteiger partial charge in [0.1, 0.15) is 0 Å². The molecule has 1 aromatic heterocycles. The molecule has 3 N–H and O–H groups in total. The van der Waals surface area contributed by atoms with E-state index in [1.54, 1.807) is 0 Å². The maximum absolute atomic E-state index is 13.9. The van der Waals surface area contributed by atoms with E-state index in [9.17, 15) is 39.6 Å². The van der Waals surface area contributed by atoms with Crippen molar-refractivity contribution >= 4 is 27.4 Å². The standard InChI is InChI=1S/C21H17F6N5O4S/c1-36-17-12-11-16(30-31-17)32-37(34,35)15-9-7-14(8-10-15)28-19(20(22,23)24,21(25,26)27)29-18(33)13-5-3-2-4-6-13/h2-12,28H,1H3,(H,29,33)(H,30,32). The summed E-state index contributed by atoms with van der Waals surface area (Å²) in [5.74, 6) is -1.78. The van der Waals surface area contributed by atoms with Crippen molar-refractivity contribution in [2.45, 2.75) is 22.9 Å². The van der Waals surface area contributed by atoms with Crippen LogP contribution in [0.5, 0.6) is 5.88 Å². The first-order chi connectivity index (χ1) is 17.2. The van der Waals surface area contributed by atoms with Crippen LogP contribution in [-0.2, 0) is 10.0 Å². The molecule has 37 heavy (non-hydrogen) atoms. The molecule has 3 aromatic rings. The molecular weight excluding hydrogens is 532 g/mol. The number of hydrogen-bond donors (Lipinski definition) is 3. The third-order valence-corrected chi connectivity index (χ3v) is 6.14. The van der Waals surface area contributed by atoms with Crippen molar-refractivity contribution in [2.24, 2.45) is 0 Å². The summed E-state index contributed by atoms with van der Waals surface area (Å²) in [6.07, 6.45) is -12.1. The van der Waals surface area contributed by atoms with Gasteiger partial charge in [-0.25, -0.2) is 8.42 Å². The van der Waals surface area contributed by atoms with E-state index in [1.807, 2.05) is 0 Å². The Morgan fingerprint density at radius 2 is 1.43 bits per heavy atom. The second kappa shape index (κ2) is 10.1. The molecule has 1 heterocycles. The first-order valence-electron chi connectivity index (χ1n) is 9.98. The van der Waals surface area contributed by atoms with Crippen molar-refractivity contribution in [3.05, 3.63) is 72.3 Å². The summed E-state index contributed by atoms with van der Waals surface area (Å²) in [5, 5.41) is 9.42. The van der Waals surface area contributed by atoms with E-state index >= 15 is 0 Å². The van der Waals surface area contributed by atoms with Gasteiger partial charge >= 0.3 is 18.0 Å². The second-order valence-corrected chi connectivity index (χ2v) is 8.96. The van der Waals surface area contributed by atoms with Crippen LogP contribution in [0.2, 0.25) is 0 Å². The number of nitrogens with one attached hydrogen (secondary N) is 3. The zero-order valence-electron chi connectivity index (χ0n) is 18.6. The fraction of sp³-hybridized carbons (Fsp3) is 0.190. The van der Waals surface area contributed by atoms with E-state index in [0.29, 0.717) is 12.1 Å². The molecule has 0 spiro atoms. The molecule has 0 radical (unpaired) electrons. The van der Waals surface area contributed by atoms with E-state index in [1.165, 1.54) is 42.8 Å². The van der Waals surface area contributed by atoms with Crippen molar-refractivity contribution in [2.75, 3.05) is 17.1 Å². The van der Waals surface area contributed by atoms with Gasteiger partial charge in [-0.3, -0.25) is 9.52 Å². The van der Waals surface area contributed by atoms with Crippen LogP contribution in [0.25, 0.3) is 0 Å². The number of rotatable bonds is 8. The normalized spacial score (nSPS) is 12.5. The number of carbonyl (C=O) groups excluding carboxylic acids is 1. The highest BCUT2D eigenvalue weighted by atomic mass is 32.2. The lowest BCUT2D eigenvalue weighted by Crippen LogP contribution is -2.72. The second-order valence-electron chi connectivity index (χ2n) is 7.28. The molecule has 0 fully saturated rings. The van der Waals surface area contributed by atoms with Gasteiger partial charge < -0.3 is 15.4 Å². The molecule has 0 unspecified atom stereocenters. The Kier molecular flexibility index (Phi) is 7.52. The Balaban J connectivity index is 1.91. The van der Waals surface area contributed by atoms with Crippen LogP contribution in [0.4, 0.5) is 37.8 Å². The zero-order valence-corrected chi connectivity index (χ0v) is 19.4. The zero-order chi connectivity index (χ0) is 27.5. The molecular formula is C21H17F6N5O4S. The molecule has 1 amide bonds. The van der Waals surface area contributed by atoms with Gasteiger partial charge in [0.2, 0.25) is 5.88 Å². The van der Waals surface area contributed by atoms with E-state index in [-0.39, 0.29) is 11.7 Å². The molecule has 16 heteroatoms. The highest BCUT2D eigenvalue weighted by Crippen LogP contribution is 2.43. The smallest absolute Gasteiger partial charge is 0.439 e. The summed E-state index contributed by atoms with van der Waals surface area (Å²) in [6.45, 7) is 0. The number of aromatic nitrogens is 2. The van der Waals surface area contributed by atoms with Gasteiger partial charge in [0.05, 0.1) is 12.0 Å². The topological polar surface area (TPSA) is 122 Å². The number of hydrogen-bond acceptors (Lipinski definition) is 7. The monoisotopic (exact) mass is 549 g/mol. The number of methoxy groups -OCH3 is 1. The van der Waals surface area contributed by atoms with Crippen molar-refractivity contribution in [1.82, 2.24) is 15.5 Å². The summed E-state index contributed by atoms with van der Waals surface area (Å²) in [6, 6.07) is 11.4. The first kappa shape index (κ1) is 27.5. The maximum Gasteiger partial charge on any atom is 0.439 e. The number of amides is 1. The van der Waals surface area contributed by atoms with Gasteiger partial charge in [-0.1, -0.05) is 18.2 Å². The van der Waals surface area contributed by atoms with Crippen molar-refractivity contribution in [3.8, 4) is 5.88 Å². The Hall–Kier alpha value is -4.08. The number of alkyl halides is 6. The number of carbonyl (C=O) groups is 1.